The van der Waals surface area contributed by atoms with Crippen LogP contribution in [0.2, 0.25) is 5.15 Å². The molecular weight excluding hydrogens is 376 g/mol. The van der Waals surface area contributed by atoms with Gasteiger partial charge in [-0.2, -0.15) is 4.73 Å². The fourth-order valence-electron chi connectivity index (χ4n) is 2.66. The predicted octanol–water partition coefficient (Wildman–Crippen LogP) is 3.03. The van der Waals surface area contributed by atoms with Crippen LogP contribution >= 0.6 is 11.6 Å². The van der Waals surface area contributed by atoms with Gasteiger partial charge in [0, 0.05) is 30.8 Å². The Hall–Kier alpha value is -3.46. The third-order valence-corrected chi connectivity index (χ3v) is 4.31. The Morgan fingerprint density at radius 3 is 2.59 bits per heavy atom. The number of nitro benzene ring substituents is 1. The molecule has 0 bridgehead atoms. The van der Waals surface area contributed by atoms with Crippen molar-refractivity contribution in [2.75, 3.05) is 0 Å². The standard InChI is InChI=1S/C17H13ClN4O5/c1-8-5-9(2)21(25)16(18)14(8)17-19-4-3-11(20-17)10-6-12(22(26)27)15(24)13(23)7-10/h3-7,23-24H,1-2H3. The van der Waals surface area contributed by atoms with Crippen molar-refractivity contribution in [1.29, 1.82) is 0 Å². The second-order valence-electron chi connectivity index (χ2n) is 5.81. The van der Waals surface area contributed by atoms with Crippen LogP contribution in [0.15, 0.2) is 30.5 Å². The van der Waals surface area contributed by atoms with Gasteiger partial charge in [-0.15, -0.1) is 0 Å². The number of aromatic nitrogens is 3. The lowest BCUT2D eigenvalue weighted by Gasteiger charge is -2.11. The molecule has 9 nitrogen and oxygen atoms in total. The number of phenols is 2. The first-order valence-electron chi connectivity index (χ1n) is 7.64. The minimum absolute atomic E-state index is 0.0933. The fourth-order valence-corrected chi connectivity index (χ4v) is 3.03. The van der Waals surface area contributed by atoms with Crippen molar-refractivity contribution in [2.24, 2.45) is 0 Å². The molecule has 0 saturated carbocycles. The van der Waals surface area contributed by atoms with Crippen LogP contribution in [-0.4, -0.2) is 25.1 Å². The minimum atomic E-state index is -0.831. The van der Waals surface area contributed by atoms with Crippen LogP contribution in [0.4, 0.5) is 5.69 Å². The van der Waals surface area contributed by atoms with E-state index < -0.39 is 22.1 Å². The summed E-state index contributed by atoms with van der Waals surface area (Å²) in [5.41, 5.74) is 1.20. The number of nitrogens with zero attached hydrogens (tertiary/aromatic N) is 4. The van der Waals surface area contributed by atoms with E-state index in [0.29, 0.717) is 21.6 Å². The molecule has 0 aliphatic heterocycles. The van der Waals surface area contributed by atoms with Crippen molar-refractivity contribution in [2.45, 2.75) is 13.8 Å². The first kappa shape index (κ1) is 18.3. The van der Waals surface area contributed by atoms with Crippen LogP contribution in [0, 0.1) is 29.2 Å². The first-order chi connectivity index (χ1) is 12.7. The monoisotopic (exact) mass is 388 g/mol. The minimum Gasteiger partial charge on any atom is -0.617 e. The maximum atomic E-state index is 12.1. The van der Waals surface area contributed by atoms with Gasteiger partial charge in [0.05, 0.1) is 10.6 Å². The average Bonchev–Trinajstić information content (AvgIpc) is 2.62. The highest BCUT2D eigenvalue weighted by molar-refractivity contribution is 6.31. The maximum Gasteiger partial charge on any atom is 0.315 e. The molecule has 2 aromatic heterocycles. The number of nitro groups is 1. The lowest BCUT2D eigenvalue weighted by atomic mass is 10.1. The molecular formula is C17H13ClN4O5. The Bertz CT molecular complexity index is 1090. The zero-order chi connectivity index (χ0) is 19.9. The van der Waals surface area contributed by atoms with Crippen molar-refractivity contribution >= 4 is 17.3 Å². The summed E-state index contributed by atoms with van der Waals surface area (Å²) in [6.07, 6.45) is 1.40. The number of hydrogen-bond donors (Lipinski definition) is 2. The SMILES string of the molecule is Cc1cc(C)[n+]([O-])c(Cl)c1-c1nccc(-c2cc(O)c(O)c([N+](=O)[O-])c2)n1. The number of phenolic OH excluding ortho intramolecular Hbond substituents is 2. The lowest BCUT2D eigenvalue weighted by molar-refractivity contribution is -0.609. The highest BCUT2D eigenvalue weighted by Gasteiger charge is 2.23. The van der Waals surface area contributed by atoms with E-state index in [4.69, 9.17) is 11.6 Å². The van der Waals surface area contributed by atoms with E-state index in [9.17, 15) is 25.5 Å². The van der Waals surface area contributed by atoms with E-state index >= 15 is 0 Å². The zero-order valence-electron chi connectivity index (χ0n) is 14.2. The van der Waals surface area contributed by atoms with Gasteiger partial charge in [0.25, 0.3) is 5.15 Å². The molecule has 0 aliphatic carbocycles. The summed E-state index contributed by atoms with van der Waals surface area (Å²) >= 11 is 6.16. The summed E-state index contributed by atoms with van der Waals surface area (Å²) in [5, 5.41) is 42.4. The first-order valence-corrected chi connectivity index (χ1v) is 8.02. The van der Waals surface area contributed by atoms with E-state index in [1.807, 2.05) is 0 Å². The van der Waals surface area contributed by atoms with Crippen molar-refractivity contribution < 1.29 is 19.9 Å². The van der Waals surface area contributed by atoms with Crippen LogP contribution < -0.4 is 4.73 Å². The van der Waals surface area contributed by atoms with E-state index in [-0.39, 0.29) is 22.2 Å². The Morgan fingerprint density at radius 1 is 1.22 bits per heavy atom. The number of aryl methyl sites for hydroxylation is 2. The van der Waals surface area contributed by atoms with E-state index in [2.05, 4.69) is 9.97 Å². The molecule has 0 atom stereocenters. The summed E-state index contributed by atoms with van der Waals surface area (Å²) in [5.74, 6) is -1.33. The van der Waals surface area contributed by atoms with E-state index in [1.54, 1.807) is 19.9 Å². The van der Waals surface area contributed by atoms with Crippen LogP contribution in [0.25, 0.3) is 22.6 Å². The molecule has 0 saturated heterocycles. The molecule has 0 fully saturated rings. The topological polar surface area (TPSA) is 136 Å². The Morgan fingerprint density at radius 2 is 1.93 bits per heavy atom. The summed E-state index contributed by atoms with van der Waals surface area (Å²) in [4.78, 5) is 18.7. The molecule has 138 valence electrons. The smallest absolute Gasteiger partial charge is 0.315 e. The Labute approximate surface area is 157 Å². The number of rotatable bonds is 3. The largest absolute Gasteiger partial charge is 0.617 e. The van der Waals surface area contributed by atoms with Crippen LogP contribution in [-0.2, 0) is 0 Å². The van der Waals surface area contributed by atoms with Crippen LogP contribution in [0.3, 0.4) is 0 Å². The quantitative estimate of drug-likeness (QED) is 0.176. The molecule has 0 amide bonds. The maximum absolute atomic E-state index is 12.1. The zero-order valence-corrected chi connectivity index (χ0v) is 14.9. The van der Waals surface area contributed by atoms with E-state index in [1.165, 1.54) is 12.3 Å². The van der Waals surface area contributed by atoms with Gasteiger partial charge < -0.3 is 15.4 Å². The summed E-state index contributed by atoms with van der Waals surface area (Å²) in [7, 11) is 0. The Balaban J connectivity index is 2.19. The number of halogens is 1. The molecule has 0 aliphatic rings. The fraction of sp³-hybridized carbons (Fsp3) is 0.118. The van der Waals surface area contributed by atoms with Gasteiger partial charge in [-0.05, 0) is 36.2 Å². The predicted molar refractivity (Wildman–Crippen MR) is 96.3 cm³/mol. The average molecular weight is 389 g/mol. The summed E-state index contributed by atoms with van der Waals surface area (Å²) in [6.45, 7) is 3.37. The molecule has 0 unspecified atom stereocenters. The molecule has 2 N–H and O–H groups in total. The van der Waals surface area contributed by atoms with Gasteiger partial charge in [0.15, 0.2) is 17.3 Å². The second-order valence-corrected chi connectivity index (χ2v) is 6.17. The molecule has 10 heteroatoms. The normalized spacial score (nSPS) is 10.8. The molecule has 3 aromatic rings. The van der Waals surface area contributed by atoms with Gasteiger partial charge in [0.1, 0.15) is 5.56 Å². The van der Waals surface area contributed by atoms with Crippen molar-refractivity contribution in [3.8, 4) is 34.1 Å². The van der Waals surface area contributed by atoms with Gasteiger partial charge in [-0.25, -0.2) is 9.97 Å². The highest BCUT2D eigenvalue weighted by Crippen LogP contribution is 2.39. The van der Waals surface area contributed by atoms with Crippen molar-refractivity contribution in [1.82, 2.24) is 9.97 Å². The summed E-state index contributed by atoms with van der Waals surface area (Å²) in [6, 6.07) is 5.34. The van der Waals surface area contributed by atoms with Gasteiger partial charge in [0.2, 0.25) is 5.75 Å². The van der Waals surface area contributed by atoms with Gasteiger partial charge >= 0.3 is 5.69 Å². The number of aromatic hydroxyl groups is 2. The van der Waals surface area contributed by atoms with Crippen LogP contribution in [0.1, 0.15) is 11.3 Å². The molecule has 2 heterocycles. The highest BCUT2D eigenvalue weighted by atomic mass is 35.5. The van der Waals surface area contributed by atoms with E-state index in [0.717, 1.165) is 12.1 Å². The molecule has 3 rings (SSSR count). The molecule has 1 aromatic carbocycles. The van der Waals surface area contributed by atoms with Crippen LogP contribution in [0.5, 0.6) is 11.5 Å². The van der Waals surface area contributed by atoms with Crippen molar-refractivity contribution in [3.63, 3.8) is 0 Å². The number of pyridine rings is 1. The number of hydrogen-bond acceptors (Lipinski definition) is 7. The Kier molecular flexibility index (Phi) is 4.54. The molecule has 27 heavy (non-hydrogen) atoms. The third kappa shape index (κ3) is 3.20. The van der Waals surface area contributed by atoms with Crippen molar-refractivity contribution in [3.05, 3.63) is 62.2 Å². The second kappa shape index (κ2) is 6.69. The third-order valence-electron chi connectivity index (χ3n) is 3.97. The number of benzene rings is 1. The van der Waals surface area contributed by atoms with Gasteiger partial charge in [-0.1, -0.05) is 0 Å². The lowest BCUT2D eigenvalue weighted by Crippen LogP contribution is -2.32. The molecule has 0 spiro atoms. The summed E-state index contributed by atoms with van der Waals surface area (Å²) < 4.78 is 0.553. The van der Waals surface area contributed by atoms with Gasteiger partial charge in [-0.3, -0.25) is 10.1 Å². The molecule has 0 radical (unpaired) electrons.